The van der Waals surface area contributed by atoms with Gasteiger partial charge in [-0.25, -0.2) is 4.99 Å². The lowest BCUT2D eigenvalue weighted by atomic mass is 9.84. The molecule has 1 aliphatic heterocycles. The molecule has 1 aromatic carbocycles. The zero-order chi connectivity index (χ0) is 18.0. The molecule has 6 nitrogen and oxygen atoms in total. The molecule has 134 valence electrons. The van der Waals surface area contributed by atoms with Crippen molar-refractivity contribution >= 4 is 34.2 Å². The second-order valence-corrected chi connectivity index (χ2v) is 7.76. The van der Waals surface area contributed by atoms with Crippen LogP contribution in [0, 0.1) is 23.0 Å². The average Bonchev–Trinajstić information content (AvgIpc) is 2.97. The predicted molar refractivity (Wildman–Crippen MR) is 100 cm³/mol. The van der Waals surface area contributed by atoms with E-state index >= 15 is 0 Å². The van der Waals surface area contributed by atoms with Gasteiger partial charge in [0.1, 0.15) is 0 Å². The smallest absolute Gasteiger partial charge is 0.269 e. The monoisotopic (exact) mass is 361 g/mol. The van der Waals surface area contributed by atoms with Gasteiger partial charge >= 0.3 is 0 Å². The van der Waals surface area contributed by atoms with Gasteiger partial charge in [0.05, 0.1) is 16.4 Å². The van der Waals surface area contributed by atoms with E-state index in [4.69, 9.17) is 0 Å². The van der Waals surface area contributed by atoms with Crippen LogP contribution in [0.1, 0.15) is 44.6 Å². The molecule has 0 radical (unpaired) electrons. The first kappa shape index (κ1) is 17.9. The first-order chi connectivity index (χ1) is 12.0. The highest BCUT2D eigenvalue weighted by atomic mass is 32.2. The molecule has 7 heteroatoms. The third kappa shape index (κ3) is 3.86. The van der Waals surface area contributed by atoms with E-state index in [0.717, 1.165) is 10.7 Å². The highest BCUT2D eigenvalue weighted by molar-refractivity contribution is 8.15. The van der Waals surface area contributed by atoms with Crippen LogP contribution in [-0.4, -0.2) is 32.7 Å². The molecule has 1 unspecified atom stereocenters. The largest absolute Gasteiger partial charge is 0.287 e. The topological polar surface area (TPSA) is 75.8 Å². The Kier molecular flexibility index (Phi) is 5.42. The van der Waals surface area contributed by atoms with Crippen molar-refractivity contribution in [3.05, 3.63) is 33.9 Å². The van der Waals surface area contributed by atoms with Crippen LogP contribution in [0.5, 0.6) is 0 Å². The minimum absolute atomic E-state index is 0.0593. The first-order valence-electron chi connectivity index (χ1n) is 8.76. The Balaban J connectivity index is 1.85. The average molecular weight is 361 g/mol. The van der Waals surface area contributed by atoms with Gasteiger partial charge in [-0.2, -0.15) is 0 Å². The molecule has 0 spiro atoms. The molecule has 1 heterocycles. The number of nitro benzene ring substituents is 1. The van der Waals surface area contributed by atoms with Crippen molar-refractivity contribution in [2.75, 3.05) is 5.75 Å². The SMILES string of the molecule is Cc1cc([N+](=O)[O-])ccc1N=C1SCC(=O)N1C(C)C1CCCCC1. The number of aryl methyl sites for hydroxylation is 1. The molecule has 1 aromatic rings. The fourth-order valence-electron chi connectivity index (χ4n) is 3.67. The summed E-state index contributed by atoms with van der Waals surface area (Å²) in [6.07, 6.45) is 6.09. The summed E-state index contributed by atoms with van der Waals surface area (Å²) in [5, 5.41) is 11.6. The van der Waals surface area contributed by atoms with Crippen LogP contribution in [-0.2, 0) is 4.79 Å². The lowest BCUT2D eigenvalue weighted by molar-refractivity contribution is -0.384. The van der Waals surface area contributed by atoms with Crippen molar-refractivity contribution in [1.82, 2.24) is 4.90 Å². The van der Waals surface area contributed by atoms with Crippen molar-refractivity contribution in [1.29, 1.82) is 0 Å². The number of aliphatic imine (C=N–C) groups is 1. The number of nitro groups is 1. The van der Waals surface area contributed by atoms with Crippen molar-refractivity contribution in [2.45, 2.75) is 52.0 Å². The lowest BCUT2D eigenvalue weighted by Crippen LogP contribution is -2.42. The van der Waals surface area contributed by atoms with Crippen molar-refractivity contribution in [3.8, 4) is 0 Å². The molecule has 1 amide bonds. The third-order valence-corrected chi connectivity index (χ3v) is 6.08. The van der Waals surface area contributed by atoms with Crippen molar-refractivity contribution in [3.63, 3.8) is 0 Å². The van der Waals surface area contributed by atoms with E-state index in [1.807, 2.05) is 11.8 Å². The zero-order valence-corrected chi connectivity index (χ0v) is 15.4. The Bertz CT molecular complexity index is 714. The van der Waals surface area contributed by atoms with E-state index in [1.54, 1.807) is 6.07 Å². The van der Waals surface area contributed by atoms with Gasteiger partial charge in [-0.1, -0.05) is 31.0 Å². The van der Waals surface area contributed by atoms with Gasteiger partial charge in [-0.3, -0.25) is 19.8 Å². The Labute approximate surface area is 151 Å². The van der Waals surface area contributed by atoms with Crippen LogP contribution < -0.4 is 0 Å². The van der Waals surface area contributed by atoms with Crippen LogP contribution in [0.15, 0.2) is 23.2 Å². The van der Waals surface area contributed by atoms with Gasteiger partial charge in [0, 0.05) is 18.2 Å². The van der Waals surface area contributed by atoms with Crippen molar-refractivity contribution in [2.24, 2.45) is 10.9 Å². The van der Waals surface area contributed by atoms with Gasteiger partial charge < -0.3 is 0 Å². The van der Waals surface area contributed by atoms with Gasteiger partial charge in [0.15, 0.2) is 5.17 Å². The number of rotatable bonds is 4. The standard InChI is InChI=1S/C18H23N3O3S/c1-12-10-15(21(23)24)8-9-16(12)19-18-20(17(22)11-25-18)13(2)14-6-4-3-5-7-14/h8-10,13-14H,3-7,11H2,1-2H3. The van der Waals surface area contributed by atoms with Crippen LogP contribution in [0.4, 0.5) is 11.4 Å². The minimum Gasteiger partial charge on any atom is -0.287 e. The predicted octanol–water partition coefficient (Wildman–Crippen LogP) is 4.43. The number of amides is 1. The summed E-state index contributed by atoms with van der Waals surface area (Å²) >= 11 is 1.46. The quantitative estimate of drug-likeness (QED) is 0.587. The number of benzene rings is 1. The molecule has 0 bridgehead atoms. The maximum atomic E-state index is 12.4. The Morgan fingerprint density at radius 1 is 1.32 bits per heavy atom. The third-order valence-electron chi connectivity index (χ3n) is 5.15. The molecule has 1 saturated carbocycles. The van der Waals surface area contributed by atoms with Gasteiger partial charge in [-0.05, 0) is 44.2 Å². The maximum Gasteiger partial charge on any atom is 0.269 e. The molecule has 25 heavy (non-hydrogen) atoms. The molecule has 1 aliphatic carbocycles. The lowest BCUT2D eigenvalue weighted by Gasteiger charge is -2.33. The summed E-state index contributed by atoms with van der Waals surface area (Å²) in [7, 11) is 0. The van der Waals surface area contributed by atoms with Crippen LogP contribution in [0.2, 0.25) is 0 Å². The number of thioether (sulfide) groups is 1. The van der Waals surface area contributed by atoms with E-state index in [-0.39, 0.29) is 17.6 Å². The summed E-state index contributed by atoms with van der Waals surface area (Å²) < 4.78 is 0. The number of hydrogen-bond donors (Lipinski definition) is 0. The number of carbonyl (C=O) groups excluding carboxylic acids is 1. The molecule has 3 rings (SSSR count). The zero-order valence-electron chi connectivity index (χ0n) is 14.6. The maximum absolute atomic E-state index is 12.4. The molecular weight excluding hydrogens is 338 g/mol. The summed E-state index contributed by atoms with van der Waals surface area (Å²) in [4.78, 5) is 29.4. The normalized spacial score (nSPS) is 21.8. The number of hydrogen-bond acceptors (Lipinski definition) is 5. The van der Waals surface area contributed by atoms with Crippen molar-refractivity contribution < 1.29 is 9.72 Å². The summed E-state index contributed by atoms with van der Waals surface area (Å²) in [5.41, 5.74) is 1.49. The summed E-state index contributed by atoms with van der Waals surface area (Å²) in [5.74, 6) is 1.06. The summed E-state index contributed by atoms with van der Waals surface area (Å²) in [6, 6.07) is 4.80. The fourth-order valence-corrected chi connectivity index (χ4v) is 4.63. The molecule has 2 fully saturated rings. The van der Waals surface area contributed by atoms with E-state index in [2.05, 4.69) is 11.9 Å². The first-order valence-corrected chi connectivity index (χ1v) is 9.74. The molecule has 1 atom stereocenters. The Morgan fingerprint density at radius 3 is 2.68 bits per heavy atom. The van der Waals surface area contributed by atoms with E-state index in [0.29, 0.717) is 17.4 Å². The number of nitrogens with zero attached hydrogens (tertiary/aromatic N) is 3. The van der Waals surface area contributed by atoms with Crippen LogP contribution in [0.25, 0.3) is 0 Å². The van der Waals surface area contributed by atoms with Crippen LogP contribution >= 0.6 is 11.8 Å². The number of non-ortho nitro benzene ring substituents is 1. The second-order valence-electron chi connectivity index (χ2n) is 6.81. The van der Waals surface area contributed by atoms with E-state index < -0.39 is 4.92 Å². The van der Waals surface area contributed by atoms with Crippen LogP contribution in [0.3, 0.4) is 0 Å². The van der Waals surface area contributed by atoms with Gasteiger partial charge in [0.2, 0.25) is 5.91 Å². The Hall–Kier alpha value is -1.89. The fraction of sp³-hybridized carbons (Fsp3) is 0.556. The van der Waals surface area contributed by atoms with E-state index in [9.17, 15) is 14.9 Å². The highest BCUT2D eigenvalue weighted by Crippen LogP contribution is 2.34. The number of carbonyl (C=O) groups is 1. The van der Waals surface area contributed by atoms with E-state index in [1.165, 1.54) is 56.0 Å². The molecular formula is C18H23N3O3S. The molecule has 0 N–H and O–H groups in total. The highest BCUT2D eigenvalue weighted by Gasteiger charge is 2.36. The molecule has 0 aromatic heterocycles. The molecule has 2 aliphatic rings. The molecule has 1 saturated heterocycles. The number of amidine groups is 1. The Morgan fingerprint density at radius 2 is 2.04 bits per heavy atom. The summed E-state index contributed by atoms with van der Waals surface area (Å²) in [6.45, 7) is 3.93. The van der Waals surface area contributed by atoms with Gasteiger partial charge in [0.25, 0.3) is 5.69 Å². The second kappa shape index (κ2) is 7.56. The van der Waals surface area contributed by atoms with Gasteiger partial charge in [-0.15, -0.1) is 0 Å². The minimum atomic E-state index is -0.408.